The number of aliphatic imine (C=N–C) groups is 1. The van der Waals surface area contributed by atoms with E-state index in [4.69, 9.17) is 4.74 Å². The Bertz CT molecular complexity index is 814. The number of carbonyl (C=O) groups excluding carboxylic acids is 1. The van der Waals surface area contributed by atoms with Crippen LogP contribution in [0, 0.1) is 0 Å². The first-order valence-electron chi connectivity index (χ1n) is 7.40. The molecule has 3 rings (SSSR count). The van der Waals surface area contributed by atoms with Crippen molar-refractivity contribution in [2.24, 2.45) is 4.99 Å². The van der Waals surface area contributed by atoms with Crippen molar-refractivity contribution in [1.82, 2.24) is 9.88 Å². The van der Waals surface area contributed by atoms with Gasteiger partial charge in [0, 0.05) is 13.2 Å². The Kier molecular flexibility index (Phi) is 4.66. The van der Waals surface area contributed by atoms with E-state index in [1.165, 1.54) is 11.8 Å². The van der Waals surface area contributed by atoms with Gasteiger partial charge in [-0.1, -0.05) is 12.1 Å². The monoisotopic (exact) mass is 339 g/mol. The van der Waals surface area contributed by atoms with Crippen LogP contribution in [-0.2, 0) is 4.79 Å². The molecule has 0 spiro atoms. The van der Waals surface area contributed by atoms with Crippen molar-refractivity contribution in [3.63, 3.8) is 0 Å². The fraction of sp³-hybridized carbons (Fsp3) is 0.167. The Balaban J connectivity index is 1.93. The van der Waals surface area contributed by atoms with Crippen LogP contribution < -0.4 is 4.74 Å². The molecule has 2 heterocycles. The molecule has 2 aromatic rings. The van der Waals surface area contributed by atoms with Gasteiger partial charge in [0.25, 0.3) is 5.91 Å². The predicted octanol–water partition coefficient (Wildman–Crippen LogP) is 3.71. The van der Waals surface area contributed by atoms with Crippen LogP contribution in [0.25, 0.3) is 5.57 Å². The number of methoxy groups -OCH3 is 1. The van der Waals surface area contributed by atoms with E-state index in [0.717, 1.165) is 22.6 Å². The second kappa shape index (κ2) is 6.88. The zero-order valence-electron chi connectivity index (χ0n) is 13.7. The van der Waals surface area contributed by atoms with E-state index in [9.17, 15) is 4.79 Å². The number of amidine groups is 1. The third-order valence-electron chi connectivity index (χ3n) is 3.71. The standard InChI is InChI=1S/C18H17N3O2S/c1-12(13-6-8-15(23-3)9-7-13)16-17(22)21(2)18(24-16)20-14-5-4-10-19-11-14/h4-11H,1-3H3/b16-12-,20-18?. The van der Waals surface area contributed by atoms with Gasteiger partial charge in [-0.15, -0.1) is 0 Å². The van der Waals surface area contributed by atoms with Crippen molar-refractivity contribution in [2.75, 3.05) is 14.2 Å². The van der Waals surface area contributed by atoms with Gasteiger partial charge in [-0.2, -0.15) is 0 Å². The summed E-state index contributed by atoms with van der Waals surface area (Å²) in [6.45, 7) is 1.95. The summed E-state index contributed by atoms with van der Waals surface area (Å²) in [6, 6.07) is 11.4. The molecule has 1 aromatic carbocycles. The van der Waals surface area contributed by atoms with Crippen molar-refractivity contribution in [3.05, 3.63) is 59.3 Å². The van der Waals surface area contributed by atoms with Crippen LogP contribution in [0.1, 0.15) is 12.5 Å². The van der Waals surface area contributed by atoms with Crippen LogP contribution in [0.4, 0.5) is 5.69 Å². The lowest BCUT2D eigenvalue weighted by molar-refractivity contribution is -0.121. The van der Waals surface area contributed by atoms with Crippen molar-refractivity contribution < 1.29 is 9.53 Å². The smallest absolute Gasteiger partial charge is 0.266 e. The van der Waals surface area contributed by atoms with Crippen LogP contribution >= 0.6 is 11.8 Å². The summed E-state index contributed by atoms with van der Waals surface area (Å²) in [4.78, 5) is 23.4. The third-order valence-corrected chi connectivity index (χ3v) is 4.95. The Morgan fingerprint density at radius 2 is 2.00 bits per heavy atom. The zero-order chi connectivity index (χ0) is 17.1. The van der Waals surface area contributed by atoms with Gasteiger partial charge in [-0.25, -0.2) is 4.99 Å². The summed E-state index contributed by atoms with van der Waals surface area (Å²) in [6.07, 6.45) is 3.36. The van der Waals surface area contributed by atoms with Gasteiger partial charge < -0.3 is 4.74 Å². The number of benzene rings is 1. The highest BCUT2D eigenvalue weighted by Crippen LogP contribution is 2.37. The number of carbonyl (C=O) groups is 1. The summed E-state index contributed by atoms with van der Waals surface area (Å²) in [7, 11) is 3.37. The molecule has 1 aliphatic rings. The Hall–Kier alpha value is -2.60. The van der Waals surface area contributed by atoms with E-state index < -0.39 is 0 Å². The molecular formula is C18H17N3O2S. The van der Waals surface area contributed by atoms with Gasteiger partial charge in [0.15, 0.2) is 5.17 Å². The maximum atomic E-state index is 12.6. The van der Waals surface area contributed by atoms with E-state index >= 15 is 0 Å². The number of pyridine rings is 1. The number of aromatic nitrogens is 1. The highest BCUT2D eigenvalue weighted by Gasteiger charge is 2.32. The van der Waals surface area contributed by atoms with Gasteiger partial charge >= 0.3 is 0 Å². The Morgan fingerprint density at radius 3 is 2.62 bits per heavy atom. The molecule has 0 aliphatic carbocycles. The van der Waals surface area contributed by atoms with Gasteiger partial charge in [-0.05, 0) is 54.1 Å². The average Bonchev–Trinajstić information content (AvgIpc) is 2.90. The van der Waals surface area contributed by atoms with E-state index in [-0.39, 0.29) is 5.91 Å². The molecule has 122 valence electrons. The quantitative estimate of drug-likeness (QED) is 0.800. The molecule has 5 nitrogen and oxygen atoms in total. The molecule has 1 fully saturated rings. The molecule has 0 atom stereocenters. The molecule has 0 radical (unpaired) electrons. The molecule has 1 aromatic heterocycles. The minimum absolute atomic E-state index is 0.0454. The normalized spacial score (nSPS) is 18.2. The van der Waals surface area contributed by atoms with Gasteiger partial charge in [0.1, 0.15) is 5.75 Å². The number of allylic oxidation sites excluding steroid dienone is 1. The summed E-state index contributed by atoms with van der Waals surface area (Å²) < 4.78 is 5.17. The fourth-order valence-electron chi connectivity index (χ4n) is 2.28. The number of amides is 1. The molecule has 0 N–H and O–H groups in total. The predicted molar refractivity (Wildman–Crippen MR) is 97.3 cm³/mol. The Morgan fingerprint density at radius 1 is 1.25 bits per heavy atom. The lowest BCUT2D eigenvalue weighted by atomic mass is 10.1. The molecule has 1 aliphatic heterocycles. The van der Waals surface area contributed by atoms with Crippen LogP contribution in [0.5, 0.6) is 5.75 Å². The number of rotatable bonds is 3. The third kappa shape index (κ3) is 3.19. The van der Waals surface area contributed by atoms with Gasteiger partial charge in [0.2, 0.25) is 0 Å². The molecule has 1 amide bonds. The minimum Gasteiger partial charge on any atom is -0.497 e. The molecule has 1 saturated heterocycles. The van der Waals surface area contributed by atoms with Crippen LogP contribution in [-0.4, -0.2) is 35.1 Å². The SMILES string of the molecule is COc1ccc(/C(C)=C2\SC(=Nc3cccnc3)N(C)C2=O)cc1. The second-order valence-corrected chi connectivity index (χ2v) is 6.23. The van der Waals surface area contributed by atoms with E-state index in [1.807, 2.05) is 43.3 Å². The van der Waals surface area contributed by atoms with Crippen molar-refractivity contribution in [1.29, 1.82) is 0 Å². The van der Waals surface area contributed by atoms with E-state index in [2.05, 4.69) is 9.98 Å². The maximum Gasteiger partial charge on any atom is 0.266 e. The first-order valence-corrected chi connectivity index (χ1v) is 8.21. The fourth-order valence-corrected chi connectivity index (χ4v) is 3.33. The molecule has 24 heavy (non-hydrogen) atoms. The van der Waals surface area contributed by atoms with Crippen LogP contribution in [0.3, 0.4) is 0 Å². The maximum absolute atomic E-state index is 12.6. The number of likely N-dealkylation sites (N-methyl/N-ethyl adjacent to an activating group) is 1. The van der Waals surface area contributed by atoms with Gasteiger partial charge in [0.05, 0.1) is 23.9 Å². The first kappa shape index (κ1) is 16.3. The molecule has 0 unspecified atom stereocenters. The molecule has 0 saturated carbocycles. The molecular weight excluding hydrogens is 322 g/mol. The van der Waals surface area contributed by atoms with E-state index in [0.29, 0.717) is 10.1 Å². The van der Waals surface area contributed by atoms with E-state index in [1.54, 1.807) is 31.5 Å². The molecule has 6 heteroatoms. The summed E-state index contributed by atoms with van der Waals surface area (Å²) in [5.41, 5.74) is 2.64. The number of hydrogen-bond acceptors (Lipinski definition) is 5. The number of thioether (sulfide) groups is 1. The first-order chi connectivity index (χ1) is 11.6. The summed E-state index contributed by atoms with van der Waals surface area (Å²) in [5.74, 6) is 0.744. The topological polar surface area (TPSA) is 54.8 Å². The number of ether oxygens (including phenoxy) is 1. The summed E-state index contributed by atoms with van der Waals surface area (Å²) >= 11 is 1.38. The zero-order valence-corrected chi connectivity index (χ0v) is 14.5. The minimum atomic E-state index is -0.0454. The lowest BCUT2D eigenvalue weighted by Crippen LogP contribution is -2.23. The van der Waals surface area contributed by atoms with Crippen molar-refractivity contribution in [3.8, 4) is 5.75 Å². The number of nitrogens with zero attached hydrogens (tertiary/aromatic N) is 3. The highest BCUT2D eigenvalue weighted by molar-refractivity contribution is 8.18. The molecule has 0 bridgehead atoms. The van der Waals surface area contributed by atoms with Crippen molar-refractivity contribution >= 4 is 34.1 Å². The average molecular weight is 339 g/mol. The van der Waals surface area contributed by atoms with Crippen LogP contribution in [0.2, 0.25) is 0 Å². The van der Waals surface area contributed by atoms with Gasteiger partial charge in [-0.3, -0.25) is 14.7 Å². The van der Waals surface area contributed by atoms with Crippen molar-refractivity contribution in [2.45, 2.75) is 6.92 Å². The van der Waals surface area contributed by atoms with Crippen LogP contribution in [0.15, 0.2) is 58.7 Å². The largest absolute Gasteiger partial charge is 0.497 e. The Labute approximate surface area is 145 Å². The highest BCUT2D eigenvalue weighted by atomic mass is 32.2. The lowest BCUT2D eigenvalue weighted by Gasteiger charge is -2.07. The summed E-state index contributed by atoms with van der Waals surface area (Å²) in [5, 5.41) is 0.649. The number of hydrogen-bond donors (Lipinski definition) is 0. The second-order valence-electron chi connectivity index (χ2n) is 5.25.